The minimum absolute atomic E-state index is 0.308. The summed E-state index contributed by atoms with van der Waals surface area (Å²) in [7, 11) is 0. The molecular formula is C17H13Cl2NO3. The van der Waals surface area contributed by atoms with E-state index in [1.54, 1.807) is 37.3 Å². The number of carbonyl (C=O) groups excluding carboxylic acids is 2. The van der Waals surface area contributed by atoms with Crippen molar-refractivity contribution < 1.29 is 14.3 Å². The second-order valence-electron chi connectivity index (χ2n) is 5.54. The van der Waals surface area contributed by atoms with Crippen molar-refractivity contribution in [3.05, 3.63) is 63.6 Å². The smallest absolute Gasteiger partial charge is 0.339 e. The quantitative estimate of drug-likeness (QED) is 0.830. The molecule has 0 bridgehead atoms. The molecule has 0 fully saturated rings. The zero-order chi connectivity index (χ0) is 16.6. The lowest BCUT2D eigenvalue weighted by atomic mass is 9.89. The summed E-state index contributed by atoms with van der Waals surface area (Å²) in [4.78, 5) is 24.7. The van der Waals surface area contributed by atoms with E-state index >= 15 is 0 Å². The molecule has 0 saturated heterocycles. The number of anilines is 1. The van der Waals surface area contributed by atoms with E-state index in [0.29, 0.717) is 27.7 Å². The highest BCUT2D eigenvalue weighted by Gasteiger charge is 2.42. The first-order chi connectivity index (χ1) is 10.9. The van der Waals surface area contributed by atoms with Crippen molar-refractivity contribution in [3.8, 4) is 0 Å². The molecule has 1 aliphatic rings. The highest BCUT2D eigenvalue weighted by atomic mass is 35.5. The number of benzene rings is 2. The molecule has 1 atom stereocenters. The number of nitrogens with one attached hydrogen (secondary N) is 1. The normalized spacial score (nSPS) is 19.7. The summed E-state index contributed by atoms with van der Waals surface area (Å²) in [6.45, 7) is 1.59. The molecule has 0 saturated carbocycles. The number of hydrogen-bond acceptors (Lipinski definition) is 3. The number of fused-ring (bicyclic) bond motifs is 1. The molecule has 118 valence electrons. The van der Waals surface area contributed by atoms with Crippen molar-refractivity contribution >= 4 is 40.8 Å². The summed E-state index contributed by atoms with van der Waals surface area (Å²) in [6.07, 6.45) is 0.308. The van der Waals surface area contributed by atoms with Gasteiger partial charge >= 0.3 is 5.97 Å². The van der Waals surface area contributed by atoms with Gasteiger partial charge in [0.15, 0.2) is 5.60 Å². The van der Waals surface area contributed by atoms with E-state index in [1.807, 2.05) is 12.1 Å². The first-order valence-corrected chi connectivity index (χ1v) is 7.72. The van der Waals surface area contributed by atoms with Gasteiger partial charge in [-0.05, 0) is 36.8 Å². The molecule has 4 nitrogen and oxygen atoms in total. The number of ether oxygens (including phenoxy) is 1. The molecule has 0 spiro atoms. The van der Waals surface area contributed by atoms with Gasteiger partial charge in [0, 0.05) is 12.1 Å². The Morgan fingerprint density at radius 1 is 1.17 bits per heavy atom. The first kappa shape index (κ1) is 15.8. The molecule has 1 heterocycles. The summed E-state index contributed by atoms with van der Waals surface area (Å²) in [6, 6.07) is 11.9. The van der Waals surface area contributed by atoms with Crippen LogP contribution in [0.15, 0.2) is 42.5 Å². The Balaban J connectivity index is 1.84. The van der Waals surface area contributed by atoms with Crippen LogP contribution in [0.25, 0.3) is 0 Å². The molecule has 6 heteroatoms. The van der Waals surface area contributed by atoms with Crippen LogP contribution in [0.5, 0.6) is 0 Å². The largest absolute Gasteiger partial charge is 0.445 e. The van der Waals surface area contributed by atoms with E-state index in [4.69, 9.17) is 27.9 Å². The lowest BCUT2D eigenvalue weighted by molar-refractivity contribution is -0.134. The number of hydrogen-bond donors (Lipinski definition) is 1. The topological polar surface area (TPSA) is 55.4 Å². The van der Waals surface area contributed by atoms with Crippen LogP contribution >= 0.6 is 23.2 Å². The molecule has 2 aromatic rings. The number of esters is 1. The van der Waals surface area contributed by atoms with Crippen LogP contribution in [0, 0.1) is 0 Å². The molecule has 1 amide bonds. The Bertz CT molecular complexity index is 806. The highest BCUT2D eigenvalue weighted by molar-refractivity contribution is 6.42. The van der Waals surface area contributed by atoms with E-state index in [-0.39, 0.29) is 0 Å². The molecular weight excluding hydrogens is 337 g/mol. The van der Waals surface area contributed by atoms with Crippen LogP contribution in [0.1, 0.15) is 22.8 Å². The molecule has 1 aliphatic heterocycles. The van der Waals surface area contributed by atoms with Crippen LogP contribution in [0.2, 0.25) is 10.0 Å². The van der Waals surface area contributed by atoms with Gasteiger partial charge in [-0.1, -0.05) is 41.4 Å². The molecule has 3 rings (SSSR count). The molecule has 0 aromatic heterocycles. The summed E-state index contributed by atoms with van der Waals surface area (Å²) in [5.41, 5.74) is 0.487. The molecule has 1 N–H and O–H groups in total. The summed E-state index contributed by atoms with van der Waals surface area (Å²) < 4.78 is 5.38. The molecule has 23 heavy (non-hydrogen) atoms. The van der Waals surface area contributed by atoms with Gasteiger partial charge in [0.05, 0.1) is 15.6 Å². The van der Waals surface area contributed by atoms with Crippen LogP contribution in [-0.4, -0.2) is 17.5 Å². The predicted octanol–water partition coefficient (Wildman–Crippen LogP) is 4.10. The zero-order valence-electron chi connectivity index (χ0n) is 12.2. The minimum atomic E-state index is -1.28. The maximum Gasteiger partial charge on any atom is 0.339 e. The number of carbonyl (C=O) groups is 2. The average molecular weight is 350 g/mol. The van der Waals surface area contributed by atoms with Gasteiger partial charge in [-0.25, -0.2) is 4.79 Å². The molecule has 0 radical (unpaired) electrons. The van der Waals surface area contributed by atoms with Crippen molar-refractivity contribution in [1.29, 1.82) is 0 Å². The maximum atomic E-state index is 12.6. The van der Waals surface area contributed by atoms with Gasteiger partial charge in [-0.15, -0.1) is 0 Å². The van der Waals surface area contributed by atoms with E-state index < -0.39 is 17.5 Å². The number of rotatable bonds is 2. The Kier molecular flexibility index (Phi) is 4.04. The second kappa shape index (κ2) is 5.87. The molecule has 0 aliphatic carbocycles. The Morgan fingerprint density at radius 3 is 2.65 bits per heavy atom. The fourth-order valence-corrected chi connectivity index (χ4v) is 2.79. The Morgan fingerprint density at radius 2 is 1.91 bits per heavy atom. The monoisotopic (exact) mass is 349 g/mol. The van der Waals surface area contributed by atoms with Crippen molar-refractivity contribution in [2.24, 2.45) is 0 Å². The SMILES string of the molecule is CC1(C(=O)Nc2ccc(Cl)c(Cl)c2)Cc2ccccc2C(=O)O1. The number of halogens is 2. The number of amides is 1. The van der Waals surface area contributed by atoms with E-state index in [1.165, 1.54) is 0 Å². The predicted molar refractivity (Wildman–Crippen MR) is 89.1 cm³/mol. The molecule has 1 unspecified atom stereocenters. The minimum Gasteiger partial charge on any atom is -0.445 e. The van der Waals surface area contributed by atoms with Crippen LogP contribution in [0.3, 0.4) is 0 Å². The van der Waals surface area contributed by atoms with E-state index in [0.717, 1.165) is 5.56 Å². The Labute approximate surface area is 143 Å². The third kappa shape index (κ3) is 3.05. The van der Waals surface area contributed by atoms with Gasteiger partial charge in [-0.2, -0.15) is 0 Å². The highest BCUT2D eigenvalue weighted by Crippen LogP contribution is 2.30. The number of cyclic esters (lactones) is 1. The van der Waals surface area contributed by atoms with Crippen molar-refractivity contribution in [1.82, 2.24) is 0 Å². The second-order valence-corrected chi connectivity index (χ2v) is 6.35. The third-order valence-electron chi connectivity index (χ3n) is 3.74. The van der Waals surface area contributed by atoms with Gasteiger partial charge in [-0.3, -0.25) is 4.79 Å². The van der Waals surface area contributed by atoms with Crippen LogP contribution < -0.4 is 5.32 Å². The fourth-order valence-electron chi connectivity index (χ4n) is 2.50. The first-order valence-electron chi connectivity index (χ1n) is 6.97. The summed E-state index contributed by atoms with van der Waals surface area (Å²) in [5.74, 6) is -0.919. The van der Waals surface area contributed by atoms with Gasteiger partial charge < -0.3 is 10.1 Å². The van der Waals surface area contributed by atoms with Crippen molar-refractivity contribution in [3.63, 3.8) is 0 Å². The van der Waals surface area contributed by atoms with Crippen LogP contribution in [-0.2, 0) is 16.0 Å². The lowest BCUT2D eigenvalue weighted by Crippen LogP contribution is -2.48. The summed E-state index contributed by atoms with van der Waals surface area (Å²) in [5, 5.41) is 3.44. The third-order valence-corrected chi connectivity index (χ3v) is 4.48. The maximum absolute atomic E-state index is 12.6. The fraction of sp³-hybridized carbons (Fsp3) is 0.176. The van der Waals surface area contributed by atoms with Gasteiger partial charge in [0.2, 0.25) is 0 Å². The molecule has 2 aromatic carbocycles. The van der Waals surface area contributed by atoms with E-state index in [2.05, 4.69) is 5.32 Å². The van der Waals surface area contributed by atoms with Gasteiger partial charge in [0.1, 0.15) is 0 Å². The van der Waals surface area contributed by atoms with Gasteiger partial charge in [0.25, 0.3) is 5.91 Å². The van der Waals surface area contributed by atoms with Crippen LogP contribution in [0.4, 0.5) is 5.69 Å². The van der Waals surface area contributed by atoms with Crippen molar-refractivity contribution in [2.75, 3.05) is 5.32 Å². The van der Waals surface area contributed by atoms with Crippen molar-refractivity contribution in [2.45, 2.75) is 18.9 Å². The summed E-state index contributed by atoms with van der Waals surface area (Å²) >= 11 is 11.8. The standard InChI is InChI=1S/C17H13Cl2NO3/c1-17(9-10-4-2-3-5-12(10)15(21)23-17)16(22)20-11-6-7-13(18)14(19)8-11/h2-8H,9H2,1H3,(H,20,22). The van der Waals surface area contributed by atoms with E-state index in [9.17, 15) is 9.59 Å². The lowest BCUT2D eigenvalue weighted by Gasteiger charge is -2.33. The zero-order valence-corrected chi connectivity index (χ0v) is 13.7. The average Bonchev–Trinajstić information content (AvgIpc) is 2.51. The Hall–Kier alpha value is -2.04.